The second kappa shape index (κ2) is 37.5. The molecule has 0 saturated heterocycles. The van der Waals surface area contributed by atoms with Crippen LogP contribution in [0.1, 0.15) is 162 Å². The maximum Gasteiger partial charge on any atom is 0.469 e. The molecule has 1 atom stereocenters. The van der Waals surface area contributed by atoms with Crippen LogP contribution >= 0.6 is 7.82 Å². The fourth-order valence-electron chi connectivity index (χ4n) is 5.10. The van der Waals surface area contributed by atoms with Crippen LogP contribution in [-0.2, 0) is 32.9 Å². The summed E-state index contributed by atoms with van der Waals surface area (Å²) in [5.41, 5.74) is 0. The molecule has 0 aliphatic carbocycles. The highest BCUT2D eigenvalue weighted by Crippen LogP contribution is 2.36. The van der Waals surface area contributed by atoms with Crippen molar-refractivity contribution in [3.05, 3.63) is 72.9 Å². The van der Waals surface area contributed by atoms with Crippen molar-refractivity contribution in [2.24, 2.45) is 0 Å². The number of phosphoric ester groups is 1. The quantitative estimate of drug-likeness (QED) is 0.0160. The summed E-state index contributed by atoms with van der Waals surface area (Å²) in [4.78, 5) is 54.8. The van der Waals surface area contributed by atoms with Crippen LogP contribution in [0.2, 0.25) is 0 Å². The van der Waals surface area contributed by atoms with Crippen LogP contribution < -0.4 is 0 Å². The van der Waals surface area contributed by atoms with E-state index in [1.54, 1.807) is 12.2 Å². The highest BCUT2D eigenvalue weighted by Gasteiger charge is 2.22. The van der Waals surface area contributed by atoms with Gasteiger partial charge in [-0.05, 0) is 83.1 Å². The second-order valence-corrected chi connectivity index (χ2v) is 14.5. The monoisotopic (exact) mass is 762 g/mol. The Labute approximate surface area is 321 Å². The van der Waals surface area contributed by atoms with Crippen molar-refractivity contribution in [1.29, 1.82) is 0 Å². The van der Waals surface area contributed by atoms with E-state index in [2.05, 4.69) is 73.1 Å². The zero-order chi connectivity index (χ0) is 39.1. The van der Waals surface area contributed by atoms with Crippen molar-refractivity contribution >= 4 is 25.5 Å². The summed E-state index contributed by atoms with van der Waals surface area (Å²) in [5, 5.41) is 0. The van der Waals surface area contributed by atoms with Gasteiger partial charge in [-0.2, -0.15) is 0 Å². The normalized spacial score (nSPS) is 13.1. The van der Waals surface area contributed by atoms with Gasteiger partial charge in [0, 0.05) is 19.3 Å². The number of hydrogen-bond acceptors (Lipinski definition) is 7. The van der Waals surface area contributed by atoms with Gasteiger partial charge in [-0.1, -0.05) is 132 Å². The Morgan fingerprint density at radius 2 is 1.02 bits per heavy atom. The smallest absolute Gasteiger partial charge is 0.462 e. The lowest BCUT2D eigenvalue weighted by Gasteiger charge is -2.18. The van der Waals surface area contributed by atoms with Crippen molar-refractivity contribution in [2.75, 3.05) is 13.2 Å². The van der Waals surface area contributed by atoms with Gasteiger partial charge in [-0.15, -0.1) is 0 Å². The first-order chi connectivity index (χ1) is 25.7. The number of carbonyl (C=O) groups excluding carboxylic acids is 3. The third kappa shape index (κ3) is 40.2. The second-order valence-electron chi connectivity index (χ2n) is 13.3. The van der Waals surface area contributed by atoms with E-state index in [9.17, 15) is 18.9 Å². The number of allylic oxidation sites excluding steroid dienone is 12. The van der Waals surface area contributed by atoms with Crippen molar-refractivity contribution in [2.45, 2.75) is 168 Å². The molecule has 0 aliphatic heterocycles. The van der Waals surface area contributed by atoms with Crippen LogP contribution in [0.25, 0.3) is 0 Å². The minimum absolute atomic E-state index is 0.106. The summed E-state index contributed by atoms with van der Waals surface area (Å²) in [5.74, 6) is -0.914. The lowest BCUT2D eigenvalue weighted by atomic mass is 10.1. The molecule has 0 radical (unpaired) electrons. The molecule has 0 aromatic carbocycles. The number of ether oxygens (including phenoxy) is 2. The zero-order valence-corrected chi connectivity index (χ0v) is 33.8. The van der Waals surface area contributed by atoms with Crippen LogP contribution in [0, 0.1) is 0 Å². The molecular weight excluding hydrogens is 691 g/mol. The molecule has 302 valence electrons. The van der Waals surface area contributed by atoms with Gasteiger partial charge in [0.15, 0.2) is 11.9 Å². The lowest BCUT2D eigenvalue weighted by Crippen LogP contribution is -2.29. The maximum atomic E-state index is 12.4. The van der Waals surface area contributed by atoms with Gasteiger partial charge in [-0.3, -0.25) is 18.9 Å². The molecule has 2 N–H and O–H groups in total. The van der Waals surface area contributed by atoms with E-state index in [4.69, 9.17) is 19.3 Å². The van der Waals surface area contributed by atoms with E-state index in [0.717, 1.165) is 70.6 Å². The van der Waals surface area contributed by atoms with Crippen LogP contribution in [0.4, 0.5) is 0 Å². The van der Waals surface area contributed by atoms with Crippen LogP contribution in [0.5, 0.6) is 0 Å². The molecule has 53 heavy (non-hydrogen) atoms. The maximum absolute atomic E-state index is 12.4. The standard InChI is InChI=1S/C43H71O9P/c1-3-5-7-9-11-12-13-14-15-16-17-18-19-20-21-22-24-28-32-36-42(45)50-38-41(39-51-53(47,48)49)52-43(46)37-33-29-25-27-31-35-40(44)34-30-26-23-10-8-6-4-2/h11-12,14-15,17-18,20-21,23,26,30,34,41H,3-10,13,16,19,22,24-25,27-29,31-33,35-39H2,1-2H3,(H2,47,48,49)/b12-11-,15-14-,18-17-,21-20-,26-23-,34-30+/t41-/m1/s1. The van der Waals surface area contributed by atoms with Gasteiger partial charge in [-0.25, -0.2) is 4.57 Å². The number of rotatable bonds is 36. The first-order valence-corrected chi connectivity index (χ1v) is 21.7. The molecule has 0 aromatic rings. The van der Waals surface area contributed by atoms with Crippen molar-refractivity contribution in [3.63, 3.8) is 0 Å². The number of ketones is 1. The van der Waals surface area contributed by atoms with E-state index in [1.165, 1.54) is 44.9 Å². The Morgan fingerprint density at radius 3 is 1.58 bits per heavy atom. The summed E-state index contributed by atoms with van der Waals surface area (Å²) in [7, 11) is -4.80. The summed E-state index contributed by atoms with van der Waals surface area (Å²) in [6.07, 6.45) is 44.4. The minimum Gasteiger partial charge on any atom is -0.462 e. The highest BCUT2D eigenvalue weighted by molar-refractivity contribution is 7.46. The van der Waals surface area contributed by atoms with Gasteiger partial charge in [0.1, 0.15) is 6.61 Å². The molecule has 0 aromatic heterocycles. The first-order valence-electron chi connectivity index (χ1n) is 20.2. The minimum atomic E-state index is -4.80. The van der Waals surface area contributed by atoms with Crippen molar-refractivity contribution in [3.8, 4) is 0 Å². The predicted octanol–water partition coefficient (Wildman–Crippen LogP) is 11.5. The number of unbranched alkanes of at least 4 members (excludes halogenated alkanes) is 13. The molecule has 0 aliphatic rings. The van der Waals surface area contributed by atoms with E-state index in [1.807, 2.05) is 6.08 Å². The van der Waals surface area contributed by atoms with Gasteiger partial charge >= 0.3 is 19.8 Å². The molecule has 0 bridgehead atoms. The molecule has 0 unspecified atom stereocenters. The Bertz CT molecular complexity index is 1150. The number of esters is 2. The molecule has 0 saturated carbocycles. The van der Waals surface area contributed by atoms with E-state index < -0.39 is 32.5 Å². The fourth-order valence-corrected chi connectivity index (χ4v) is 5.46. The summed E-state index contributed by atoms with van der Waals surface area (Å²) >= 11 is 0. The highest BCUT2D eigenvalue weighted by atomic mass is 31.2. The van der Waals surface area contributed by atoms with Crippen molar-refractivity contribution in [1.82, 2.24) is 0 Å². The summed E-state index contributed by atoms with van der Waals surface area (Å²) in [6, 6.07) is 0. The average molecular weight is 763 g/mol. The van der Waals surface area contributed by atoms with Gasteiger partial charge in [0.05, 0.1) is 6.61 Å². The average Bonchev–Trinajstić information content (AvgIpc) is 3.12. The van der Waals surface area contributed by atoms with Crippen LogP contribution in [-0.4, -0.2) is 46.8 Å². The molecule has 0 heterocycles. The van der Waals surface area contributed by atoms with Gasteiger partial charge < -0.3 is 19.3 Å². The third-order valence-electron chi connectivity index (χ3n) is 8.17. The largest absolute Gasteiger partial charge is 0.469 e. The van der Waals surface area contributed by atoms with Crippen LogP contribution in [0.15, 0.2) is 72.9 Å². The van der Waals surface area contributed by atoms with E-state index >= 15 is 0 Å². The van der Waals surface area contributed by atoms with Crippen LogP contribution in [0.3, 0.4) is 0 Å². The van der Waals surface area contributed by atoms with Gasteiger partial charge in [0.2, 0.25) is 0 Å². The Hall–Kier alpha value is -2.84. The molecule has 0 spiro atoms. The predicted molar refractivity (Wildman–Crippen MR) is 216 cm³/mol. The summed E-state index contributed by atoms with van der Waals surface area (Å²) in [6.45, 7) is 3.46. The molecule has 9 nitrogen and oxygen atoms in total. The zero-order valence-electron chi connectivity index (χ0n) is 32.9. The SMILES string of the molecule is CCCCC/C=C\C=C\C(=O)CCCCCCCC(=O)O[C@H](COC(=O)CCCCC/C=C\C/C=C\C/C=C\C/C=C\CCCCC)COP(=O)(O)O. The van der Waals surface area contributed by atoms with E-state index in [0.29, 0.717) is 19.3 Å². The molecular formula is C43H71O9P. The molecule has 0 amide bonds. The fraction of sp³-hybridized carbons (Fsp3) is 0.651. The Kier molecular flexibility index (Phi) is 35.5. The first kappa shape index (κ1) is 50.2. The topological polar surface area (TPSA) is 136 Å². The molecule has 0 fully saturated rings. The van der Waals surface area contributed by atoms with E-state index in [-0.39, 0.29) is 25.2 Å². The number of carbonyl (C=O) groups is 3. The molecule has 10 heteroatoms. The number of hydrogen-bond donors (Lipinski definition) is 2. The summed E-state index contributed by atoms with van der Waals surface area (Å²) < 4.78 is 26.3. The third-order valence-corrected chi connectivity index (χ3v) is 8.66. The number of phosphoric acid groups is 1. The molecule has 0 rings (SSSR count). The van der Waals surface area contributed by atoms with Gasteiger partial charge in [0.25, 0.3) is 0 Å². The lowest BCUT2D eigenvalue weighted by molar-refractivity contribution is -0.161. The van der Waals surface area contributed by atoms with Crippen molar-refractivity contribution < 1.29 is 42.7 Å². The Morgan fingerprint density at radius 1 is 0.547 bits per heavy atom. The Balaban J connectivity index is 4.11.